The summed E-state index contributed by atoms with van der Waals surface area (Å²) in [6, 6.07) is 2.03. The van der Waals surface area contributed by atoms with Crippen LogP contribution in [0.5, 0.6) is 0 Å². The van der Waals surface area contributed by atoms with E-state index in [9.17, 15) is 17.2 Å². The molecule has 0 saturated carbocycles. The maximum atomic E-state index is 13.1. The third-order valence-corrected chi connectivity index (χ3v) is 4.94. The number of sulfonamides is 1. The van der Waals surface area contributed by atoms with Crippen LogP contribution in [0.1, 0.15) is 13.3 Å². The van der Waals surface area contributed by atoms with Gasteiger partial charge in [0.2, 0.25) is 10.0 Å². The molecule has 0 bridgehead atoms. The van der Waals surface area contributed by atoms with Gasteiger partial charge in [0.15, 0.2) is 0 Å². The molecule has 106 valence electrons. The van der Waals surface area contributed by atoms with Gasteiger partial charge in [-0.25, -0.2) is 17.2 Å². The summed E-state index contributed by atoms with van der Waals surface area (Å²) >= 11 is 0. The van der Waals surface area contributed by atoms with E-state index in [4.69, 9.17) is 5.73 Å². The SMILES string of the molecule is CC1CC(N)CN(S(=O)(=O)c2cc(F)cc(F)c2)C1. The molecular formula is C12H16F2N2O2S. The number of piperidine rings is 1. The summed E-state index contributed by atoms with van der Waals surface area (Å²) in [7, 11) is -3.90. The van der Waals surface area contributed by atoms with Gasteiger partial charge in [-0.2, -0.15) is 4.31 Å². The third kappa shape index (κ3) is 3.10. The Balaban J connectivity index is 2.36. The second-order valence-electron chi connectivity index (χ2n) is 5.03. The molecule has 4 nitrogen and oxygen atoms in total. The number of hydrogen-bond acceptors (Lipinski definition) is 3. The van der Waals surface area contributed by atoms with Crippen LogP contribution in [0.2, 0.25) is 0 Å². The molecule has 0 aromatic heterocycles. The standard InChI is InChI=1S/C12H16F2N2O2S/c1-8-2-11(15)7-16(6-8)19(17,18)12-4-9(13)3-10(14)5-12/h3-5,8,11H,2,6-7,15H2,1H3. The van der Waals surface area contributed by atoms with Crippen LogP contribution >= 0.6 is 0 Å². The third-order valence-electron chi connectivity index (χ3n) is 3.13. The molecule has 2 atom stereocenters. The Morgan fingerprint density at radius 1 is 1.21 bits per heavy atom. The lowest BCUT2D eigenvalue weighted by atomic mass is 9.99. The molecular weight excluding hydrogens is 274 g/mol. The molecule has 19 heavy (non-hydrogen) atoms. The molecule has 1 aromatic rings. The van der Waals surface area contributed by atoms with Crippen molar-refractivity contribution in [3.8, 4) is 0 Å². The van der Waals surface area contributed by atoms with Crippen LogP contribution in [-0.4, -0.2) is 31.9 Å². The van der Waals surface area contributed by atoms with Crippen molar-refractivity contribution in [1.29, 1.82) is 0 Å². The van der Waals surface area contributed by atoms with Gasteiger partial charge in [-0.15, -0.1) is 0 Å². The van der Waals surface area contributed by atoms with E-state index in [1.54, 1.807) is 0 Å². The quantitative estimate of drug-likeness (QED) is 0.893. The van der Waals surface area contributed by atoms with Gasteiger partial charge in [-0.05, 0) is 24.5 Å². The highest BCUT2D eigenvalue weighted by Gasteiger charge is 2.32. The minimum atomic E-state index is -3.90. The highest BCUT2D eigenvalue weighted by Crippen LogP contribution is 2.24. The Bertz CT molecular complexity index is 547. The first kappa shape index (κ1) is 14.4. The van der Waals surface area contributed by atoms with Crippen molar-refractivity contribution < 1.29 is 17.2 Å². The zero-order valence-electron chi connectivity index (χ0n) is 10.5. The lowest BCUT2D eigenvalue weighted by molar-refractivity contribution is 0.254. The summed E-state index contributed by atoms with van der Waals surface area (Å²) in [5, 5.41) is 0. The highest BCUT2D eigenvalue weighted by molar-refractivity contribution is 7.89. The number of nitrogens with two attached hydrogens (primary N) is 1. The maximum absolute atomic E-state index is 13.1. The molecule has 2 unspecified atom stereocenters. The topological polar surface area (TPSA) is 63.4 Å². The molecule has 2 N–H and O–H groups in total. The Labute approximate surface area is 111 Å². The summed E-state index contributed by atoms with van der Waals surface area (Å²) in [5.74, 6) is -1.70. The van der Waals surface area contributed by atoms with Gasteiger partial charge in [0, 0.05) is 25.2 Å². The Morgan fingerprint density at radius 2 is 1.79 bits per heavy atom. The van der Waals surface area contributed by atoms with Gasteiger partial charge >= 0.3 is 0 Å². The molecule has 0 spiro atoms. The van der Waals surface area contributed by atoms with Crippen molar-refractivity contribution in [2.45, 2.75) is 24.3 Å². The van der Waals surface area contributed by atoms with E-state index in [2.05, 4.69) is 0 Å². The Hall–Kier alpha value is -1.05. The van der Waals surface area contributed by atoms with Gasteiger partial charge in [-0.3, -0.25) is 0 Å². The first-order valence-corrected chi connectivity index (χ1v) is 7.45. The summed E-state index contributed by atoms with van der Waals surface area (Å²) in [6.45, 7) is 2.38. The maximum Gasteiger partial charge on any atom is 0.243 e. The van der Waals surface area contributed by atoms with E-state index < -0.39 is 21.7 Å². The minimum Gasteiger partial charge on any atom is -0.326 e. The van der Waals surface area contributed by atoms with E-state index in [0.29, 0.717) is 12.6 Å². The summed E-state index contributed by atoms with van der Waals surface area (Å²) in [5.41, 5.74) is 5.80. The predicted octanol–water partition coefficient (Wildman–Crippen LogP) is 1.32. The van der Waals surface area contributed by atoms with Crippen molar-refractivity contribution in [2.24, 2.45) is 11.7 Å². The van der Waals surface area contributed by atoms with Crippen LogP contribution in [0.3, 0.4) is 0 Å². The van der Waals surface area contributed by atoms with Crippen molar-refractivity contribution in [3.05, 3.63) is 29.8 Å². The summed E-state index contributed by atoms with van der Waals surface area (Å²) in [6.07, 6.45) is 0.740. The second kappa shape index (κ2) is 5.15. The van der Waals surface area contributed by atoms with Gasteiger partial charge in [0.1, 0.15) is 11.6 Å². The number of rotatable bonds is 2. The predicted molar refractivity (Wildman–Crippen MR) is 66.9 cm³/mol. The van der Waals surface area contributed by atoms with E-state index in [0.717, 1.165) is 18.6 Å². The van der Waals surface area contributed by atoms with Crippen LogP contribution in [0.15, 0.2) is 23.1 Å². The number of nitrogens with zero attached hydrogens (tertiary/aromatic N) is 1. The molecule has 0 radical (unpaired) electrons. The van der Waals surface area contributed by atoms with E-state index in [-0.39, 0.29) is 23.4 Å². The van der Waals surface area contributed by atoms with Crippen molar-refractivity contribution in [2.75, 3.05) is 13.1 Å². The van der Waals surface area contributed by atoms with Gasteiger partial charge in [0.25, 0.3) is 0 Å². The fourth-order valence-corrected chi connectivity index (χ4v) is 4.03. The van der Waals surface area contributed by atoms with E-state index in [1.165, 1.54) is 4.31 Å². The average Bonchev–Trinajstić information content (AvgIpc) is 2.26. The molecule has 1 heterocycles. The van der Waals surface area contributed by atoms with Crippen LogP contribution in [-0.2, 0) is 10.0 Å². The highest BCUT2D eigenvalue weighted by atomic mass is 32.2. The zero-order valence-corrected chi connectivity index (χ0v) is 11.3. The smallest absolute Gasteiger partial charge is 0.243 e. The first-order valence-electron chi connectivity index (χ1n) is 6.01. The van der Waals surface area contributed by atoms with Gasteiger partial charge in [0.05, 0.1) is 4.90 Å². The molecule has 0 amide bonds. The van der Waals surface area contributed by atoms with E-state index in [1.807, 2.05) is 6.92 Å². The molecule has 1 aliphatic heterocycles. The molecule has 0 aliphatic carbocycles. The van der Waals surface area contributed by atoms with Crippen molar-refractivity contribution in [1.82, 2.24) is 4.31 Å². The fraction of sp³-hybridized carbons (Fsp3) is 0.500. The summed E-state index contributed by atoms with van der Waals surface area (Å²) in [4.78, 5) is -0.369. The molecule has 2 rings (SSSR count). The monoisotopic (exact) mass is 290 g/mol. The number of hydrogen-bond donors (Lipinski definition) is 1. The van der Waals surface area contributed by atoms with Crippen LogP contribution in [0, 0.1) is 17.6 Å². The van der Waals surface area contributed by atoms with Crippen LogP contribution < -0.4 is 5.73 Å². The molecule has 1 aliphatic rings. The second-order valence-corrected chi connectivity index (χ2v) is 6.97. The summed E-state index contributed by atoms with van der Waals surface area (Å²) < 4.78 is 52.1. The van der Waals surface area contributed by atoms with Gasteiger partial charge in [-0.1, -0.05) is 6.92 Å². The molecule has 1 saturated heterocycles. The van der Waals surface area contributed by atoms with Crippen molar-refractivity contribution in [3.63, 3.8) is 0 Å². The Morgan fingerprint density at radius 3 is 2.32 bits per heavy atom. The number of halogens is 2. The molecule has 1 aromatic carbocycles. The minimum absolute atomic E-state index is 0.122. The largest absolute Gasteiger partial charge is 0.326 e. The average molecular weight is 290 g/mol. The van der Waals surface area contributed by atoms with Crippen LogP contribution in [0.4, 0.5) is 8.78 Å². The number of benzene rings is 1. The lowest BCUT2D eigenvalue weighted by Gasteiger charge is -2.33. The fourth-order valence-electron chi connectivity index (χ4n) is 2.37. The normalized spacial score (nSPS) is 25.5. The lowest BCUT2D eigenvalue weighted by Crippen LogP contribution is -2.48. The zero-order chi connectivity index (χ0) is 14.2. The molecule has 7 heteroatoms. The van der Waals surface area contributed by atoms with Crippen molar-refractivity contribution >= 4 is 10.0 Å². The first-order chi connectivity index (χ1) is 8.79. The van der Waals surface area contributed by atoms with Gasteiger partial charge < -0.3 is 5.73 Å². The Kier molecular flexibility index (Phi) is 3.89. The van der Waals surface area contributed by atoms with E-state index >= 15 is 0 Å². The molecule has 1 fully saturated rings. The van der Waals surface area contributed by atoms with Crippen LogP contribution in [0.25, 0.3) is 0 Å².